The van der Waals surface area contributed by atoms with Crippen LogP contribution >= 0.6 is 23.4 Å². The average molecular weight is 315 g/mol. The Labute approximate surface area is 128 Å². The van der Waals surface area contributed by atoms with E-state index < -0.39 is 0 Å². The number of thioether (sulfide) groups is 1. The summed E-state index contributed by atoms with van der Waals surface area (Å²) in [7, 11) is 0. The van der Waals surface area contributed by atoms with Gasteiger partial charge in [0.1, 0.15) is 6.10 Å². The van der Waals surface area contributed by atoms with E-state index in [-0.39, 0.29) is 12.0 Å². The highest BCUT2D eigenvalue weighted by Crippen LogP contribution is 2.16. The Morgan fingerprint density at radius 1 is 1.55 bits per heavy atom. The second-order valence-electron chi connectivity index (χ2n) is 4.54. The smallest absolute Gasteiger partial charge is 0.250 e. The normalized spacial score (nSPS) is 18.8. The number of nitrogens with one attached hydrogen (secondary N) is 2. The third-order valence-corrected chi connectivity index (χ3v) is 4.19. The Hall–Kier alpha value is -0.750. The van der Waals surface area contributed by atoms with Crippen LogP contribution in [0.1, 0.15) is 5.56 Å². The maximum atomic E-state index is 11.8. The van der Waals surface area contributed by atoms with Gasteiger partial charge in [-0.1, -0.05) is 23.7 Å². The molecule has 1 heterocycles. The van der Waals surface area contributed by atoms with Crippen LogP contribution in [0.2, 0.25) is 5.02 Å². The molecule has 1 amide bonds. The van der Waals surface area contributed by atoms with Crippen LogP contribution in [0.4, 0.5) is 0 Å². The molecule has 0 spiro atoms. The summed E-state index contributed by atoms with van der Waals surface area (Å²) < 4.78 is 5.38. The van der Waals surface area contributed by atoms with E-state index in [1.807, 2.05) is 18.2 Å². The topological polar surface area (TPSA) is 50.4 Å². The zero-order valence-electron chi connectivity index (χ0n) is 11.2. The van der Waals surface area contributed by atoms with E-state index in [1.54, 1.807) is 11.8 Å². The number of carbonyl (C=O) groups is 1. The molecule has 4 nitrogen and oxygen atoms in total. The van der Waals surface area contributed by atoms with Gasteiger partial charge >= 0.3 is 0 Å². The van der Waals surface area contributed by atoms with E-state index in [0.717, 1.165) is 23.1 Å². The summed E-state index contributed by atoms with van der Waals surface area (Å²) in [4.78, 5) is 11.8. The zero-order valence-corrected chi connectivity index (χ0v) is 12.8. The van der Waals surface area contributed by atoms with Crippen molar-refractivity contribution in [3.8, 4) is 0 Å². The summed E-state index contributed by atoms with van der Waals surface area (Å²) in [6.45, 7) is 2.67. The van der Waals surface area contributed by atoms with Gasteiger partial charge in [-0.2, -0.15) is 11.8 Å². The fourth-order valence-electron chi connectivity index (χ4n) is 1.91. The van der Waals surface area contributed by atoms with E-state index in [0.29, 0.717) is 19.7 Å². The van der Waals surface area contributed by atoms with Gasteiger partial charge in [-0.05, 0) is 17.7 Å². The number of hydrogen-bond donors (Lipinski definition) is 2. The van der Waals surface area contributed by atoms with E-state index in [2.05, 4.69) is 16.7 Å². The van der Waals surface area contributed by atoms with Gasteiger partial charge in [-0.25, -0.2) is 0 Å². The summed E-state index contributed by atoms with van der Waals surface area (Å²) in [6, 6.07) is 7.84. The van der Waals surface area contributed by atoms with Crippen LogP contribution in [-0.2, 0) is 15.3 Å². The van der Waals surface area contributed by atoms with E-state index in [4.69, 9.17) is 16.3 Å². The molecule has 1 aromatic carbocycles. The molecule has 0 saturated carbocycles. The Bertz CT molecular complexity index is 439. The van der Waals surface area contributed by atoms with Crippen LogP contribution in [-0.4, -0.2) is 44.0 Å². The van der Waals surface area contributed by atoms with Crippen LogP contribution < -0.4 is 10.6 Å². The van der Waals surface area contributed by atoms with Crippen molar-refractivity contribution < 1.29 is 9.53 Å². The molecule has 1 aliphatic heterocycles. The fourth-order valence-corrected chi connectivity index (χ4v) is 2.93. The number of halogens is 1. The summed E-state index contributed by atoms with van der Waals surface area (Å²) >= 11 is 7.70. The van der Waals surface area contributed by atoms with Crippen molar-refractivity contribution in [3.05, 3.63) is 34.9 Å². The maximum Gasteiger partial charge on any atom is 0.250 e. The minimum absolute atomic E-state index is 0.0273. The molecule has 1 unspecified atom stereocenters. The zero-order chi connectivity index (χ0) is 14.2. The number of hydrogen-bond acceptors (Lipinski definition) is 4. The van der Waals surface area contributed by atoms with Gasteiger partial charge in [0.25, 0.3) is 0 Å². The first-order valence-electron chi connectivity index (χ1n) is 6.68. The van der Waals surface area contributed by atoms with Crippen molar-refractivity contribution >= 4 is 29.3 Å². The summed E-state index contributed by atoms with van der Waals surface area (Å²) in [5.41, 5.74) is 1.20. The molecule has 1 aliphatic rings. The van der Waals surface area contributed by atoms with Gasteiger partial charge in [0.2, 0.25) is 5.91 Å². The minimum atomic E-state index is -0.346. The van der Waals surface area contributed by atoms with Gasteiger partial charge in [0, 0.05) is 36.2 Å². The molecule has 1 aromatic rings. The van der Waals surface area contributed by atoms with Crippen molar-refractivity contribution in [3.63, 3.8) is 0 Å². The highest BCUT2D eigenvalue weighted by molar-refractivity contribution is 7.98. The van der Waals surface area contributed by atoms with Gasteiger partial charge in [-0.3, -0.25) is 4.79 Å². The number of rotatable bonds is 6. The third kappa shape index (κ3) is 5.32. The van der Waals surface area contributed by atoms with Crippen molar-refractivity contribution in [2.45, 2.75) is 11.9 Å². The lowest BCUT2D eigenvalue weighted by Crippen LogP contribution is -2.48. The fraction of sp³-hybridized carbons (Fsp3) is 0.500. The molecule has 20 heavy (non-hydrogen) atoms. The predicted octanol–water partition coefficient (Wildman–Crippen LogP) is 1.68. The molecule has 6 heteroatoms. The number of ether oxygens (including phenoxy) is 1. The lowest BCUT2D eigenvalue weighted by atomic mass is 10.2. The summed E-state index contributed by atoms with van der Waals surface area (Å²) in [6.07, 6.45) is -0.346. The monoisotopic (exact) mass is 314 g/mol. The van der Waals surface area contributed by atoms with Gasteiger partial charge in [0.05, 0.1) is 6.61 Å². The molecule has 1 fully saturated rings. The van der Waals surface area contributed by atoms with Crippen LogP contribution in [0.15, 0.2) is 24.3 Å². The first kappa shape index (κ1) is 15.6. The minimum Gasteiger partial charge on any atom is -0.366 e. The first-order valence-corrected chi connectivity index (χ1v) is 8.21. The molecule has 2 rings (SSSR count). The van der Waals surface area contributed by atoms with Crippen LogP contribution in [0.25, 0.3) is 0 Å². The van der Waals surface area contributed by atoms with E-state index in [9.17, 15) is 4.79 Å². The molecular formula is C14H19ClN2O2S. The maximum absolute atomic E-state index is 11.8. The summed E-state index contributed by atoms with van der Waals surface area (Å²) in [5, 5.41) is 6.80. The van der Waals surface area contributed by atoms with E-state index >= 15 is 0 Å². The lowest BCUT2D eigenvalue weighted by Gasteiger charge is -2.22. The molecule has 0 bridgehead atoms. The molecule has 0 aliphatic carbocycles. The number of morpholine rings is 1. The molecule has 1 saturated heterocycles. The quantitative estimate of drug-likeness (QED) is 0.784. The standard InChI is InChI=1S/C14H19ClN2O2S/c15-12-3-1-2-11(8-12)10-20-7-5-17-14(18)13-9-16-4-6-19-13/h1-3,8,13,16H,4-7,9-10H2,(H,17,18). The van der Waals surface area contributed by atoms with E-state index in [1.165, 1.54) is 5.56 Å². The molecular weight excluding hydrogens is 296 g/mol. The largest absolute Gasteiger partial charge is 0.366 e. The SMILES string of the molecule is O=C(NCCSCc1cccc(Cl)c1)C1CNCCO1. The second-order valence-corrected chi connectivity index (χ2v) is 6.08. The van der Waals surface area contributed by atoms with Crippen molar-refractivity contribution in [2.24, 2.45) is 0 Å². The highest BCUT2D eigenvalue weighted by atomic mass is 35.5. The second kappa shape index (κ2) is 8.52. The van der Waals surface area contributed by atoms with Crippen LogP contribution in [0.3, 0.4) is 0 Å². The average Bonchev–Trinajstić information content (AvgIpc) is 2.48. The number of benzene rings is 1. The van der Waals surface area contributed by atoms with Crippen molar-refractivity contribution in [1.82, 2.24) is 10.6 Å². The predicted molar refractivity (Wildman–Crippen MR) is 83.2 cm³/mol. The number of carbonyl (C=O) groups excluding carboxylic acids is 1. The van der Waals surface area contributed by atoms with Gasteiger partial charge in [0.15, 0.2) is 0 Å². The highest BCUT2D eigenvalue weighted by Gasteiger charge is 2.20. The Balaban J connectivity index is 1.58. The molecule has 0 radical (unpaired) electrons. The summed E-state index contributed by atoms with van der Waals surface area (Å²) in [5.74, 6) is 1.75. The molecule has 2 N–H and O–H groups in total. The Morgan fingerprint density at radius 3 is 3.20 bits per heavy atom. The Morgan fingerprint density at radius 2 is 2.45 bits per heavy atom. The van der Waals surface area contributed by atoms with Gasteiger partial charge < -0.3 is 15.4 Å². The molecule has 1 atom stereocenters. The van der Waals surface area contributed by atoms with Crippen LogP contribution in [0, 0.1) is 0 Å². The first-order chi connectivity index (χ1) is 9.75. The third-order valence-electron chi connectivity index (χ3n) is 2.92. The Kier molecular flexibility index (Phi) is 6.66. The molecule has 0 aromatic heterocycles. The van der Waals surface area contributed by atoms with Gasteiger partial charge in [-0.15, -0.1) is 0 Å². The van der Waals surface area contributed by atoms with Crippen molar-refractivity contribution in [1.29, 1.82) is 0 Å². The van der Waals surface area contributed by atoms with Crippen molar-refractivity contribution in [2.75, 3.05) is 32.0 Å². The lowest BCUT2D eigenvalue weighted by molar-refractivity contribution is -0.134. The number of amides is 1. The van der Waals surface area contributed by atoms with Crippen LogP contribution in [0.5, 0.6) is 0 Å². The molecule has 110 valence electrons.